The SMILES string of the molecule is Cc1c(N)cc(Br)cc1S(=O)(=O)N1CCCCCCC1. The molecule has 1 aliphatic rings. The van der Waals surface area contributed by atoms with Crippen LogP contribution >= 0.6 is 15.9 Å². The lowest BCUT2D eigenvalue weighted by Crippen LogP contribution is -2.34. The molecule has 1 aliphatic heterocycles. The summed E-state index contributed by atoms with van der Waals surface area (Å²) < 4.78 is 28.0. The first-order valence-electron chi connectivity index (χ1n) is 6.98. The van der Waals surface area contributed by atoms with Gasteiger partial charge in [0.25, 0.3) is 0 Å². The molecule has 1 fully saturated rings. The molecule has 0 radical (unpaired) electrons. The summed E-state index contributed by atoms with van der Waals surface area (Å²) in [5, 5.41) is 0. The van der Waals surface area contributed by atoms with Crippen molar-refractivity contribution in [2.45, 2.75) is 43.9 Å². The standard InChI is InChI=1S/C14H21BrN2O2S/c1-11-13(16)9-12(15)10-14(11)20(18,19)17-7-5-3-2-4-6-8-17/h9-10H,2-8,16H2,1H3. The third-order valence-corrected chi connectivity index (χ3v) is 6.28. The summed E-state index contributed by atoms with van der Waals surface area (Å²) in [7, 11) is -3.45. The second-order valence-corrected chi connectivity index (χ2v) is 8.11. The van der Waals surface area contributed by atoms with E-state index in [0.717, 1.165) is 25.7 Å². The second kappa shape index (κ2) is 6.45. The van der Waals surface area contributed by atoms with Crippen molar-refractivity contribution in [3.63, 3.8) is 0 Å². The van der Waals surface area contributed by atoms with Crippen LogP contribution in [0.25, 0.3) is 0 Å². The normalized spacial score (nSPS) is 18.5. The maximum absolute atomic E-state index is 12.8. The number of halogens is 1. The van der Waals surface area contributed by atoms with Crippen molar-refractivity contribution in [2.75, 3.05) is 18.8 Å². The first kappa shape index (κ1) is 15.8. The molecule has 2 N–H and O–H groups in total. The average molecular weight is 361 g/mol. The van der Waals surface area contributed by atoms with Crippen molar-refractivity contribution >= 4 is 31.6 Å². The maximum atomic E-state index is 12.8. The van der Waals surface area contributed by atoms with Crippen LogP contribution in [0.5, 0.6) is 0 Å². The van der Waals surface area contributed by atoms with Crippen LogP contribution in [0.2, 0.25) is 0 Å². The van der Waals surface area contributed by atoms with E-state index in [-0.39, 0.29) is 0 Å². The topological polar surface area (TPSA) is 63.4 Å². The molecule has 6 heteroatoms. The molecule has 0 aromatic heterocycles. The lowest BCUT2D eigenvalue weighted by atomic mass is 10.1. The highest BCUT2D eigenvalue weighted by Crippen LogP contribution is 2.29. The zero-order valence-electron chi connectivity index (χ0n) is 11.7. The Balaban J connectivity index is 2.38. The number of hydrogen-bond donors (Lipinski definition) is 1. The monoisotopic (exact) mass is 360 g/mol. The number of nitrogens with two attached hydrogens (primary N) is 1. The van der Waals surface area contributed by atoms with Gasteiger partial charge in [-0.1, -0.05) is 35.2 Å². The summed E-state index contributed by atoms with van der Waals surface area (Å²) in [6.07, 6.45) is 5.28. The summed E-state index contributed by atoms with van der Waals surface area (Å²) in [6, 6.07) is 3.39. The minimum absolute atomic E-state index is 0.324. The van der Waals surface area contributed by atoms with Gasteiger partial charge in [-0.2, -0.15) is 4.31 Å². The van der Waals surface area contributed by atoms with E-state index in [0.29, 0.717) is 33.7 Å². The highest BCUT2D eigenvalue weighted by molar-refractivity contribution is 9.10. The molecule has 0 atom stereocenters. The summed E-state index contributed by atoms with van der Waals surface area (Å²) in [5.41, 5.74) is 7.03. The maximum Gasteiger partial charge on any atom is 0.243 e. The lowest BCUT2D eigenvalue weighted by molar-refractivity contribution is 0.364. The molecule has 0 saturated carbocycles. The Morgan fingerprint density at radius 1 is 1.10 bits per heavy atom. The fourth-order valence-electron chi connectivity index (χ4n) is 2.54. The second-order valence-electron chi connectivity index (χ2n) is 5.29. The van der Waals surface area contributed by atoms with Gasteiger partial charge in [0.2, 0.25) is 10.0 Å². The van der Waals surface area contributed by atoms with Crippen LogP contribution in [0.3, 0.4) is 0 Å². The van der Waals surface area contributed by atoms with Crippen molar-refractivity contribution in [1.82, 2.24) is 4.31 Å². The van der Waals surface area contributed by atoms with Crippen LogP contribution in [0, 0.1) is 6.92 Å². The van der Waals surface area contributed by atoms with Gasteiger partial charge in [-0.25, -0.2) is 8.42 Å². The molecule has 4 nitrogen and oxygen atoms in total. The number of rotatable bonds is 2. The molecule has 20 heavy (non-hydrogen) atoms. The van der Waals surface area contributed by atoms with E-state index in [1.54, 1.807) is 23.4 Å². The Labute approximate surface area is 129 Å². The van der Waals surface area contributed by atoms with Gasteiger partial charge in [0, 0.05) is 23.2 Å². The van der Waals surface area contributed by atoms with Crippen LogP contribution < -0.4 is 5.73 Å². The van der Waals surface area contributed by atoms with Gasteiger partial charge in [0.05, 0.1) is 4.90 Å². The van der Waals surface area contributed by atoms with Crippen LogP contribution in [0.4, 0.5) is 5.69 Å². The molecule has 0 amide bonds. The predicted molar refractivity (Wildman–Crippen MR) is 85.1 cm³/mol. The van der Waals surface area contributed by atoms with Crippen molar-refractivity contribution < 1.29 is 8.42 Å². The molecule has 1 saturated heterocycles. The Kier molecular flexibility index (Phi) is 5.09. The number of sulfonamides is 1. The fourth-order valence-corrected chi connectivity index (χ4v) is 4.96. The number of nitrogens with zero attached hydrogens (tertiary/aromatic N) is 1. The zero-order valence-corrected chi connectivity index (χ0v) is 14.1. The molecule has 0 unspecified atom stereocenters. The molecule has 0 spiro atoms. The number of anilines is 1. The van der Waals surface area contributed by atoms with Crippen molar-refractivity contribution in [1.29, 1.82) is 0 Å². The highest BCUT2D eigenvalue weighted by atomic mass is 79.9. The quantitative estimate of drug-likeness (QED) is 0.822. The van der Waals surface area contributed by atoms with Gasteiger partial charge >= 0.3 is 0 Å². The molecular weight excluding hydrogens is 340 g/mol. The minimum Gasteiger partial charge on any atom is -0.398 e. The molecule has 2 rings (SSSR count). The first-order valence-corrected chi connectivity index (χ1v) is 9.22. The summed E-state index contributed by atoms with van der Waals surface area (Å²) in [5.74, 6) is 0. The van der Waals surface area contributed by atoms with Gasteiger partial charge in [-0.3, -0.25) is 0 Å². The van der Waals surface area contributed by atoms with Crippen LogP contribution in [-0.2, 0) is 10.0 Å². The third-order valence-electron chi connectivity index (χ3n) is 3.80. The lowest BCUT2D eigenvalue weighted by Gasteiger charge is -2.25. The van der Waals surface area contributed by atoms with Gasteiger partial charge in [-0.05, 0) is 37.5 Å². The summed E-state index contributed by atoms with van der Waals surface area (Å²) >= 11 is 3.33. The Morgan fingerprint density at radius 2 is 1.65 bits per heavy atom. The van der Waals surface area contributed by atoms with E-state index in [9.17, 15) is 8.42 Å². The largest absolute Gasteiger partial charge is 0.398 e. The average Bonchev–Trinajstić information content (AvgIpc) is 2.32. The van der Waals surface area contributed by atoms with Crippen molar-refractivity contribution in [3.8, 4) is 0 Å². The Hall–Kier alpha value is -0.590. The van der Waals surface area contributed by atoms with Gasteiger partial charge in [0.1, 0.15) is 0 Å². The summed E-state index contributed by atoms with van der Waals surface area (Å²) in [4.78, 5) is 0.324. The predicted octanol–water partition coefficient (Wildman–Crippen LogP) is 3.29. The van der Waals surface area contributed by atoms with Crippen molar-refractivity contribution in [2.24, 2.45) is 0 Å². The molecule has 112 valence electrons. The van der Waals surface area contributed by atoms with Crippen molar-refractivity contribution in [3.05, 3.63) is 22.2 Å². The molecule has 1 aromatic carbocycles. The zero-order chi connectivity index (χ0) is 14.8. The van der Waals surface area contributed by atoms with Crippen LogP contribution in [0.15, 0.2) is 21.5 Å². The molecular formula is C14H21BrN2O2S. The van der Waals surface area contributed by atoms with Crippen LogP contribution in [0.1, 0.15) is 37.7 Å². The number of hydrogen-bond acceptors (Lipinski definition) is 3. The van der Waals surface area contributed by atoms with E-state index in [1.807, 2.05) is 0 Å². The third kappa shape index (κ3) is 3.35. The molecule has 0 aliphatic carbocycles. The smallest absolute Gasteiger partial charge is 0.243 e. The molecule has 1 aromatic rings. The van der Waals surface area contributed by atoms with Gasteiger partial charge in [0.15, 0.2) is 0 Å². The Morgan fingerprint density at radius 3 is 2.25 bits per heavy atom. The number of nitrogen functional groups attached to an aromatic ring is 1. The minimum atomic E-state index is -3.45. The van der Waals surface area contributed by atoms with E-state index < -0.39 is 10.0 Å². The molecule has 1 heterocycles. The van der Waals surface area contributed by atoms with Crippen LogP contribution in [-0.4, -0.2) is 25.8 Å². The highest BCUT2D eigenvalue weighted by Gasteiger charge is 2.27. The van der Waals surface area contributed by atoms with Gasteiger partial charge < -0.3 is 5.73 Å². The van der Waals surface area contributed by atoms with E-state index in [1.165, 1.54) is 6.42 Å². The number of benzene rings is 1. The van der Waals surface area contributed by atoms with E-state index in [2.05, 4.69) is 15.9 Å². The summed E-state index contributed by atoms with van der Waals surface area (Å²) in [6.45, 7) is 2.97. The van der Waals surface area contributed by atoms with E-state index in [4.69, 9.17) is 5.73 Å². The van der Waals surface area contributed by atoms with Gasteiger partial charge in [-0.15, -0.1) is 0 Å². The Bertz CT molecular complexity index is 579. The first-order chi connectivity index (χ1) is 9.43. The van der Waals surface area contributed by atoms with E-state index >= 15 is 0 Å². The fraction of sp³-hybridized carbons (Fsp3) is 0.571. The molecule has 0 bridgehead atoms.